The Labute approximate surface area is 117 Å². The molecule has 2 rings (SSSR count). The van der Waals surface area contributed by atoms with Gasteiger partial charge in [0, 0.05) is 10.7 Å². The van der Waals surface area contributed by atoms with E-state index < -0.39 is 0 Å². The summed E-state index contributed by atoms with van der Waals surface area (Å²) in [5.41, 5.74) is 1.33. The molecule has 0 aromatic carbocycles. The molecule has 2 aromatic heterocycles. The van der Waals surface area contributed by atoms with Crippen LogP contribution < -0.4 is 0 Å². The minimum atomic E-state index is -0.326. The Bertz CT molecular complexity index is 585. The van der Waals surface area contributed by atoms with Crippen LogP contribution in [0.3, 0.4) is 0 Å². The van der Waals surface area contributed by atoms with Gasteiger partial charge in [0.15, 0.2) is 5.65 Å². The second-order valence-corrected chi connectivity index (χ2v) is 4.73. The van der Waals surface area contributed by atoms with Crippen LogP contribution >= 0.6 is 27.5 Å². The molecule has 0 aliphatic carbocycles. The number of carbonyl (C=O) groups excluding carboxylic acids is 1. The van der Waals surface area contributed by atoms with Gasteiger partial charge in [-0.05, 0) is 28.9 Å². The topological polar surface area (TPSA) is 57.0 Å². The van der Waals surface area contributed by atoms with E-state index in [0.29, 0.717) is 23.6 Å². The summed E-state index contributed by atoms with van der Waals surface area (Å²) in [4.78, 5) is 20.1. The maximum atomic E-state index is 11.5. The number of halogens is 2. The third-order valence-corrected chi connectivity index (χ3v) is 3.02. The molecule has 0 N–H and O–H groups in total. The number of ether oxygens (including phenoxy) is 1. The Kier molecular flexibility index (Phi) is 4.19. The van der Waals surface area contributed by atoms with E-state index in [1.54, 1.807) is 17.7 Å². The number of aromatic nitrogens is 3. The molecular formula is C11H11BrClN3O2. The average Bonchev–Trinajstić information content (AvgIpc) is 2.66. The number of carbonyl (C=O) groups is 1. The van der Waals surface area contributed by atoms with Gasteiger partial charge in [0.1, 0.15) is 17.9 Å². The molecule has 0 fully saturated rings. The van der Waals surface area contributed by atoms with Crippen molar-refractivity contribution in [3.63, 3.8) is 0 Å². The predicted molar refractivity (Wildman–Crippen MR) is 71.4 cm³/mol. The predicted octanol–water partition coefficient (Wildman–Crippen LogP) is 2.50. The zero-order valence-corrected chi connectivity index (χ0v) is 12.0. The van der Waals surface area contributed by atoms with Crippen LogP contribution in [0.5, 0.6) is 0 Å². The van der Waals surface area contributed by atoms with Crippen molar-refractivity contribution in [2.24, 2.45) is 0 Å². The maximum absolute atomic E-state index is 11.5. The van der Waals surface area contributed by atoms with Crippen LogP contribution in [0.4, 0.5) is 0 Å². The van der Waals surface area contributed by atoms with E-state index >= 15 is 0 Å². The largest absolute Gasteiger partial charge is 0.465 e. The molecule has 0 unspecified atom stereocenters. The van der Waals surface area contributed by atoms with Gasteiger partial charge in [-0.15, -0.1) is 11.6 Å². The SMILES string of the molecule is CCOC(=O)Cn1c(CCl)nc2cc(Br)cnc21. The van der Waals surface area contributed by atoms with Crippen molar-refractivity contribution >= 4 is 44.7 Å². The van der Waals surface area contributed by atoms with Crippen LogP contribution in [0.25, 0.3) is 11.2 Å². The van der Waals surface area contributed by atoms with Crippen LogP contribution in [0.1, 0.15) is 12.7 Å². The minimum absolute atomic E-state index is 0.0705. The molecule has 0 spiro atoms. The third-order valence-electron chi connectivity index (χ3n) is 2.34. The summed E-state index contributed by atoms with van der Waals surface area (Å²) >= 11 is 9.16. The summed E-state index contributed by atoms with van der Waals surface area (Å²) in [5, 5.41) is 0. The van der Waals surface area contributed by atoms with E-state index in [9.17, 15) is 4.79 Å². The van der Waals surface area contributed by atoms with Gasteiger partial charge < -0.3 is 9.30 Å². The van der Waals surface area contributed by atoms with E-state index in [2.05, 4.69) is 25.9 Å². The van der Waals surface area contributed by atoms with Crippen LogP contribution in [-0.2, 0) is 22.0 Å². The van der Waals surface area contributed by atoms with Crippen LogP contribution in [0.15, 0.2) is 16.7 Å². The fourth-order valence-corrected chi connectivity index (χ4v) is 2.16. The number of hydrogen-bond acceptors (Lipinski definition) is 4. The fraction of sp³-hybridized carbons (Fsp3) is 0.364. The number of fused-ring (bicyclic) bond motifs is 1. The molecule has 0 bridgehead atoms. The molecule has 0 amide bonds. The first kappa shape index (κ1) is 13.3. The zero-order valence-electron chi connectivity index (χ0n) is 9.69. The lowest BCUT2D eigenvalue weighted by molar-refractivity contribution is -0.143. The monoisotopic (exact) mass is 331 g/mol. The highest BCUT2D eigenvalue weighted by Crippen LogP contribution is 2.19. The number of imidazole rings is 1. The zero-order chi connectivity index (χ0) is 13.1. The van der Waals surface area contributed by atoms with E-state index in [1.165, 1.54) is 0 Å². The highest BCUT2D eigenvalue weighted by atomic mass is 79.9. The van der Waals surface area contributed by atoms with Gasteiger partial charge in [-0.2, -0.15) is 0 Å². The van der Waals surface area contributed by atoms with E-state index in [-0.39, 0.29) is 18.4 Å². The summed E-state index contributed by atoms with van der Waals surface area (Å²) in [6, 6.07) is 1.83. The molecule has 2 heterocycles. The lowest BCUT2D eigenvalue weighted by atomic mass is 10.4. The van der Waals surface area contributed by atoms with Gasteiger partial charge in [0.25, 0.3) is 0 Å². The number of hydrogen-bond donors (Lipinski definition) is 0. The maximum Gasteiger partial charge on any atom is 0.326 e. The lowest BCUT2D eigenvalue weighted by Gasteiger charge is -2.06. The minimum Gasteiger partial charge on any atom is -0.465 e. The molecule has 18 heavy (non-hydrogen) atoms. The Morgan fingerprint density at radius 1 is 1.61 bits per heavy atom. The molecule has 7 heteroatoms. The van der Waals surface area contributed by atoms with Crippen LogP contribution in [-0.4, -0.2) is 27.1 Å². The highest BCUT2D eigenvalue weighted by Gasteiger charge is 2.14. The molecule has 0 saturated heterocycles. The summed E-state index contributed by atoms with van der Waals surface area (Å²) in [6.07, 6.45) is 1.66. The third kappa shape index (κ3) is 2.64. The van der Waals surface area contributed by atoms with E-state index in [4.69, 9.17) is 16.3 Å². The Morgan fingerprint density at radius 2 is 2.39 bits per heavy atom. The van der Waals surface area contributed by atoms with Gasteiger partial charge in [-0.25, -0.2) is 9.97 Å². The summed E-state index contributed by atoms with van der Waals surface area (Å²) in [7, 11) is 0. The van der Waals surface area contributed by atoms with Gasteiger partial charge in [-0.3, -0.25) is 4.79 Å². The van der Waals surface area contributed by atoms with E-state index in [0.717, 1.165) is 4.47 Å². The van der Waals surface area contributed by atoms with Crippen molar-refractivity contribution in [3.05, 3.63) is 22.6 Å². The summed E-state index contributed by atoms with van der Waals surface area (Å²) in [6.45, 7) is 2.18. The first-order valence-electron chi connectivity index (χ1n) is 5.38. The number of rotatable bonds is 4. The molecule has 2 aromatic rings. The smallest absolute Gasteiger partial charge is 0.326 e. The number of pyridine rings is 1. The highest BCUT2D eigenvalue weighted by molar-refractivity contribution is 9.10. The second kappa shape index (κ2) is 5.67. The first-order valence-corrected chi connectivity index (χ1v) is 6.70. The molecule has 5 nitrogen and oxygen atoms in total. The van der Waals surface area contributed by atoms with Crippen molar-refractivity contribution < 1.29 is 9.53 Å². The van der Waals surface area contributed by atoms with Gasteiger partial charge >= 0.3 is 5.97 Å². The van der Waals surface area contributed by atoms with Crippen molar-refractivity contribution in [2.75, 3.05) is 6.61 Å². The summed E-state index contributed by atoms with van der Waals surface area (Å²) < 4.78 is 7.42. The van der Waals surface area contributed by atoms with Crippen LogP contribution in [0, 0.1) is 0 Å². The Balaban J connectivity index is 2.43. The first-order chi connectivity index (χ1) is 8.65. The molecule has 0 radical (unpaired) electrons. The second-order valence-electron chi connectivity index (χ2n) is 3.55. The normalized spacial score (nSPS) is 10.8. The van der Waals surface area contributed by atoms with Crippen LogP contribution in [0.2, 0.25) is 0 Å². The van der Waals surface area contributed by atoms with Crippen molar-refractivity contribution in [1.29, 1.82) is 0 Å². The number of alkyl halides is 1. The summed E-state index contributed by atoms with van der Waals surface area (Å²) in [5.74, 6) is 0.492. The van der Waals surface area contributed by atoms with Gasteiger partial charge in [-0.1, -0.05) is 0 Å². The Hall–Kier alpha value is -1.14. The molecule has 0 aliphatic heterocycles. The van der Waals surface area contributed by atoms with Crippen molar-refractivity contribution in [3.8, 4) is 0 Å². The molecule has 0 atom stereocenters. The Morgan fingerprint density at radius 3 is 3.06 bits per heavy atom. The number of nitrogens with zero attached hydrogens (tertiary/aromatic N) is 3. The average molecular weight is 333 g/mol. The van der Waals surface area contributed by atoms with E-state index in [1.807, 2.05) is 6.07 Å². The van der Waals surface area contributed by atoms with Crippen molar-refractivity contribution in [1.82, 2.24) is 14.5 Å². The molecule has 0 aliphatic rings. The van der Waals surface area contributed by atoms with Gasteiger partial charge in [0.2, 0.25) is 0 Å². The fourth-order valence-electron chi connectivity index (χ4n) is 1.64. The standard InChI is InChI=1S/C11H11BrClN3O2/c1-2-18-10(17)6-16-9(4-13)15-8-3-7(12)5-14-11(8)16/h3,5H,2,4,6H2,1H3. The van der Waals surface area contributed by atoms with Crippen molar-refractivity contribution in [2.45, 2.75) is 19.3 Å². The molecular weight excluding hydrogens is 321 g/mol. The lowest BCUT2D eigenvalue weighted by Crippen LogP contribution is -2.15. The number of esters is 1. The quantitative estimate of drug-likeness (QED) is 0.637. The molecule has 96 valence electrons. The molecule has 0 saturated carbocycles. The van der Waals surface area contributed by atoms with Gasteiger partial charge in [0.05, 0.1) is 12.5 Å².